The molecule has 2 amide bonds. The molecule has 0 spiro atoms. The minimum Gasteiger partial charge on any atom is -0.462 e. The van der Waals surface area contributed by atoms with Gasteiger partial charge in [-0.3, -0.25) is 9.59 Å². The topological polar surface area (TPSA) is 62.6 Å². The monoisotopic (exact) mass is 340 g/mol. The molecule has 0 aliphatic rings. The third-order valence-corrected chi connectivity index (χ3v) is 3.79. The van der Waals surface area contributed by atoms with E-state index in [1.807, 2.05) is 50.2 Å². The van der Waals surface area contributed by atoms with Crippen molar-refractivity contribution in [2.24, 2.45) is 0 Å². The molecule has 132 valence electrons. The summed E-state index contributed by atoms with van der Waals surface area (Å²) in [4.78, 5) is 26.6. The van der Waals surface area contributed by atoms with Crippen LogP contribution in [0.1, 0.15) is 31.8 Å². The quantitative estimate of drug-likeness (QED) is 0.778. The smallest absolute Gasteiger partial charge is 0.247 e. The van der Waals surface area contributed by atoms with Crippen molar-refractivity contribution in [3.8, 4) is 0 Å². The maximum absolute atomic E-state index is 12.5. The largest absolute Gasteiger partial charge is 0.462 e. The van der Waals surface area contributed by atoms with E-state index in [4.69, 9.17) is 4.42 Å². The van der Waals surface area contributed by atoms with Crippen molar-refractivity contribution < 1.29 is 14.0 Å². The molecule has 1 heterocycles. The number of para-hydroxylation sites is 1. The molecule has 1 atom stereocenters. The van der Waals surface area contributed by atoms with Crippen LogP contribution < -0.4 is 5.32 Å². The van der Waals surface area contributed by atoms with Crippen molar-refractivity contribution in [1.29, 1.82) is 0 Å². The van der Waals surface area contributed by atoms with E-state index in [9.17, 15) is 9.59 Å². The number of rotatable bonds is 7. The summed E-state index contributed by atoms with van der Waals surface area (Å²) in [5.41, 5.74) is 0.713. The number of hydrogen-bond donors (Lipinski definition) is 1. The summed E-state index contributed by atoms with van der Waals surface area (Å²) in [6.45, 7) is 6.06. The Morgan fingerprint density at radius 2 is 1.92 bits per heavy atom. The van der Waals surface area contributed by atoms with Crippen molar-refractivity contribution in [3.63, 3.8) is 0 Å². The van der Waals surface area contributed by atoms with Crippen LogP contribution in [0.4, 0.5) is 5.69 Å². The van der Waals surface area contributed by atoms with Crippen LogP contribution in [-0.4, -0.2) is 29.3 Å². The van der Waals surface area contributed by atoms with Crippen LogP contribution in [0.15, 0.2) is 53.0 Å². The molecular formula is C20H24N2O3. The molecule has 0 fully saturated rings. The molecular weight excluding hydrogens is 316 g/mol. The number of nitrogens with zero attached hydrogens (tertiary/aromatic N) is 1. The van der Waals surface area contributed by atoms with Gasteiger partial charge in [-0.15, -0.1) is 0 Å². The van der Waals surface area contributed by atoms with Crippen LogP contribution in [0.25, 0.3) is 6.08 Å². The minimum absolute atomic E-state index is 0.213. The van der Waals surface area contributed by atoms with E-state index < -0.39 is 6.04 Å². The van der Waals surface area contributed by atoms with Gasteiger partial charge in [0.1, 0.15) is 17.6 Å². The summed E-state index contributed by atoms with van der Waals surface area (Å²) in [7, 11) is 0. The van der Waals surface area contributed by atoms with E-state index >= 15 is 0 Å². The Labute approximate surface area is 148 Å². The lowest BCUT2D eigenvalue weighted by Crippen LogP contribution is -2.45. The molecule has 2 aromatic rings. The third kappa shape index (κ3) is 5.35. The van der Waals surface area contributed by atoms with E-state index in [1.165, 1.54) is 6.08 Å². The van der Waals surface area contributed by atoms with Crippen molar-refractivity contribution in [2.75, 3.05) is 11.9 Å². The van der Waals surface area contributed by atoms with Crippen LogP contribution >= 0.6 is 0 Å². The molecule has 5 heteroatoms. The standard InChI is InChI=1S/C20H24N2O3/c1-4-14-22(19(23)13-12-18-11-10-15(2)25-18)16(3)20(24)21-17-8-6-5-7-9-17/h5-13,16H,4,14H2,1-3H3,(H,21,24)/b13-12+/t16-/m0/s1. The van der Waals surface area contributed by atoms with Crippen molar-refractivity contribution >= 4 is 23.6 Å². The summed E-state index contributed by atoms with van der Waals surface area (Å²) < 4.78 is 5.42. The summed E-state index contributed by atoms with van der Waals surface area (Å²) in [5.74, 6) is 0.971. The van der Waals surface area contributed by atoms with Gasteiger partial charge >= 0.3 is 0 Å². The molecule has 0 saturated carbocycles. The van der Waals surface area contributed by atoms with Gasteiger partial charge in [-0.25, -0.2) is 0 Å². The zero-order valence-electron chi connectivity index (χ0n) is 14.9. The lowest BCUT2D eigenvalue weighted by Gasteiger charge is -2.27. The number of benzene rings is 1. The van der Waals surface area contributed by atoms with Crippen molar-refractivity contribution in [1.82, 2.24) is 4.90 Å². The first-order valence-electron chi connectivity index (χ1n) is 8.42. The van der Waals surface area contributed by atoms with E-state index in [1.54, 1.807) is 24.0 Å². The molecule has 0 unspecified atom stereocenters. The Balaban J connectivity index is 2.05. The molecule has 2 rings (SSSR count). The fourth-order valence-corrected chi connectivity index (χ4v) is 2.44. The van der Waals surface area contributed by atoms with Crippen LogP contribution in [-0.2, 0) is 9.59 Å². The maximum atomic E-state index is 12.5. The van der Waals surface area contributed by atoms with Gasteiger partial charge in [0.05, 0.1) is 0 Å². The van der Waals surface area contributed by atoms with Crippen LogP contribution in [0.5, 0.6) is 0 Å². The Hall–Kier alpha value is -2.82. The molecule has 0 bridgehead atoms. The Kier molecular flexibility index (Phi) is 6.57. The first-order chi connectivity index (χ1) is 12.0. The van der Waals surface area contributed by atoms with E-state index in [-0.39, 0.29) is 11.8 Å². The summed E-state index contributed by atoms with van der Waals surface area (Å²) in [6, 6.07) is 12.3. The summed E-state index contributed by atoms with van der Waals surface area (Å²) in [5, 5.41) is 2.84. The number of amides is 2. The van der Waals surface area contributed by atoms with Crippen molar-refractivity contribution in [3.05, 3.63) is 60.1 Å². The highest BCUT2D eigenvalue weighted by Crippen LogP contribution is 2.11. The molecule has 0 aliphatic carbocycles. The Morgan fingerprint density at radius 1 is 1.20 bits per heavy atom. The number of anilines is 1. The molecule has 25 heavy (non-hydrogen) atoms. The van der Waals surface area contributed by atoms with Gasteiger partial charge in [-0.05, 0) is 50.6 Å². The maximum Gasteiger partial charge on any atom is 0.247 e. The SMILES string of the molecule is CCCN(C(=O)/C=C/c1ccc(C)o1)[C@@H](C)C(=O)Nc1ccccc1. The number of hydrogen-bond acceptors (Lipinski definition) is 3. The van der Waals surface area contributed by atoms with Crippen LogP contribution in [0, 0.1) is 6.92 Å². The first kappa shape index (κ1) is 18.5. The zero-order chi connectivity index (χ0) is 18.2. The fourth-order valence-electron chi connectivity index (χ4n) is 2.44. The molecule has 0 aliphatic heterocycles. The first-order valence-corrected chi connectivity index (χ1v) is 8.42. The molecule has 1 aromatic carbocycles. The second kappa shape index (κ2) is 8.87. The zero-order valence-corrected chi connectivity index (χ0v) is 14.9. The lowest BCUT2D eigenvalue weighted by molar-refractivity contribution is -0.134. The highest BCUT2D eigenvalue weighted by atomic mass is 16.3. The van der Waals surface area contributed by atoms with Gasteiger partial charge in [-0.1, -0.05) is 25.1 Å². The predicted molar refractivity (Wildman–Crippen MR) is 99.0 cm³/mol. The molecule has 0 saturated heterocycles. The highest BCUT2D eigenvalue weighted by molar-refractivity contribution is 5.99. The second-order valence-electron chi connectivity index (χ2n) is 5.84. The average molecular weight is 340 g/mol. The van der Waals surface area contributed by atoms with Gasteiger partial charge in [0, 0.05) is 18.3 Å². The fraction of sp³-hybridized carbons (Fsp3) is 0.300. The summed E-state index contributed by atoms with van der Waals surface area (Å²) >= 11 is 0. The molecule has 1 N–H and O–H groups in total. The molecule has 0 radical (unpaired) electrons. The van der Waals surface area contributed by atoms with Crippen LogP contribution in [0.3, 0.4) is 0 Å². The predicted octanol–water partition coefficient (Wildman–Crippen LogP) is 3.87. The summed E-state index contributed by atoms with van der Waals surface area (Å²) in [6.07, 6.45) is 3.84. The lowest BCUT2D eigenvalue weighted by atomic mass is 10.2. The third-order valence-electron chi connectivity index (χ3n) is 3.79. The Morgan fingerprint density at radius 3 is 2.52 bits per heavy atom. The number of furan rings is 1. The van der Waals surface area contributed by atoms with Crippen molar-refractivity contribution in [2.45, 2.75) is 33.2 Å². The van der Waals surface area contributed by atoms with E-state index in [0.29, 0.717) is 18.0 Å². The van der Waals surface area contributed by atoms with Gasteiger partial charge < -0.3 is 14.6 Å². The van der Waals surface area contributed by atoms with Crippen LogP contribution in [0.2, 0.25) is 0 Å². The van der Waals surface area contributed by atoms with E-state index in [2.05, 4.69) is 5.32 Å². The average Bonchev–Trinajstić information content (AvgIpc) is 3.03. The normalized spacial score (nSPS) is 12.1. The van der Waals surface area contributed by atoms with Gasteiger partial charge in [0.2, 0.25) is 11.8 Å². The van der Waals surface area contributed by atoms with E-state index in [0.717, 1.165) is 12.2 Å². The number of carbonyl (C=O) groups is 2. The Bertz CT molecular complexity index is 734. The number of nitrogens with one attached hydrogen (secondary N) is 1. The second-order valence-corrected chi connectivity index (χ2v) is 5.84. The number of carbonyl (C=O) groups excluding carboxylic acids is 2. The van der Waals surface area contributed by atoms with Gasteiger partial charge in [0.25, 0.3) is 0 Å². The minimum atomic E-state index is -0.573. The van der Waals surface area contributed by atoms with Gasteiger partial charge in [-0.2, -0.15) is 0 Å². The molecule has 5 nitrogen and oxygen atoms in total. The highest BCUT2D eigenvalue weighted by Gasteiger charge is 2.24. The molecule has 1 aromatic heterocycles. The van der Waals surface area contributed by atoms with Gasteiger partial charge in [0.15, 0.2) is 0 Å². The number of aryl methyl sites for hydroxylation is 1.